The number of carbonyl (C=O) groups excluding carboxylic acids is 1. The standard InChI is InChI=1S/C18H17ClN4O2S/c1-9-4-5-13(12(19)6-9)21-14(24)8-26-18-22-16-15(17(25)23-18)10(2)7-11(3)20-16/h4-7H,8H2,1-3H3,(H,21,24)(H,20,22,23,25). The van der Waals surface area contributed by atoms with Crippen LogP contribution in [0, 0.1) is 20.8 Å². The molecule has 2 heterocycles. The Kier molecular flexibility index (Phi) is 5.29. The molecule has 1 amide bonds. The molecular formula is C18H17ClN4O2S. The Morgan fingerprint density at radius 3 is 2.73 bits per heavy atom. The summed E-state index contributed by atoms with van der Waals surface area (Å²) >= 11 is 7.25. The largest absolute Gasteiger partial charge is 0.324 e. The van der Waals surface area contributed by atoms with Gasteiger partial charge in [-0.05, 0) is 50.1 Å². The molecule has 2 aromatic heterocycles. The number of thioether (sulfide) groups is 1. The summed E-state index contributed by atoms with van der Waals surface area (Å²) in [5, 5.41) is 4.05. The van der Waals surface area contributed by atoms with Crippen LogP contribution in [0.5, 0.6) is 0 Å². The number of carbonyl (C=O) groups is 1. The van der Waals surface area contributed by atoms with Crippen LogP contribution in [0.4, 0.5) is 5.69 Å². The first kappa shape index (κ1) is 18.4. The number of halogens is 1. The number of nitrogens with zero attached hydrogens (tertiary/aromatic N) is 2. The minimum absolute atomic E-state index is 0.0868. The van der Waals surface area contributed by atoms with E-state index in [1.165, 1.54) is 0 Å². The Labute approximate surface area is 159 Å². The molecule has 0 saturated carbocycles. The lowest BCUT2D eigenvalue weighted by Gasteiger charge is -2.08. The predicted octanol–water partition coefficient (Wildman–Crippen LogP) is 3.63. The van der Waals surface area contributed by atoms with E-state index in [4.69, 9.17) is 11.6 Å². The van der Waals surface area contributed by atoms with Crippen molar-refractivity contribution in [1.29, 1.82) is 0 Å². The summed E-state index contributed by atoms with van der Waals surface area (Å²) in [7, 11) is 0. The number of hydrogen-bond donors (Lipinski definition) is 2. The molecule has 0 saturated heterocycles. The SMILES string of the molecule is Cc1ccc(NC(=O)CSc2nc3nc(C)cc(C)c3c(=O)[nH]2)c(Cl)c1. The van der Waals surface area contributed by atoms with Gasteiger partial charge >= 0.3 is 0 Å². The number of benzene rings is 1. The molecule has 0 aliphatic carbocycles. The normalized spacial score (nSPS) is 10.9. The van der Waals surface area contributed by atoms with Gasteiger partial charge in [-0.25, -0.2) is 9.97 Å². The second-order valence-corrected chi connectivity index (χ2v) is 7.34. The van der Waals surface area contributed by atoms with Crippen LogP contribution in [0.3, 0.4) is 0 Å². The van der Waals surface area contributed by atoms with Crippen molar-refractivity contribution >= 4 is 46.0 Å². The smallest absolute Gasteiger partial charge is 0.261 e. The lowest BCUT2D eigenvalue weighted by Crippen LogP contribution is -2.16. The average molecular weight is 389 g/mol. The molecule has 26 heavy (non-hydrogen) atoms. The van der Waals surface area contributed by atoms with Gasteiger partial charge in [-0.2, -0.15) is 0 Å². The third kappa shape index (κ3) is 4.05. The predicted molar refractivity (Wildman–Crippen MR) is 105 cm³/mol. The fourth-order valence-electron chi connectivity index (χ4n) is 2.57. The zero-order valence-electron chi connectivity index (χ0n) is 14.5. The van der Waals surface area contributed by atoms with Crippen LogP contribution in [0.1, 0.15) is 16.8 Å². The van der Waals surface area contributed by atoms with Crippen LogP contribution in [-0.2, 0) is 4.79 Å². The van der Waals surface area contributed by atoms with E-state index in [1.54, 1.807) is 12.1 Å². The van der Waals surface area contributed by atoms with Gasteiger partial charge < -0.3 is 10.3 Å². The van der Waals surface area contributed by atoms with Gasteiger partial charge in [0.2, 0.25) is 5.91 Å². The highest BCUT2D eigenvalue weighted by Crippen LogP contribution is 2.23. The van der Waals surface area contributed by atoms with Gasteiger partial charge in [0.15, 0.2) is 10.8 Å². The summed E-state index contributed by atoms with van der Waals surface area (Å²) < 4.78 is 0. The fourth-order valence-corrected chi connectivity index (χ4v) is 3.51. The quantitative estimate of drug-likeness (QED) is 0.526. The first-order valence-corrected chi connectivity index (χ1v) is 9.27. The van der Waals surface area contributed by atoms with Gasteiger partial charge in [-0.1, -0.05) is 29.4 Å². The average Bonchev–Trinajstić information content (AvgIpc) is 2.54. The molecule has 2 N–H and O–H groups in total. The lowest BCUT2D eigenvalue weighted by atomic mass is 10.2. The molecule has 0 atom stereocenters. The Bertz CT molecular complexity index is 1060. The maximum atomic E-state index is 12.3. The van der Waals surface area contributed by atoms with E-state index < -0.39 is 0 Å². The molecule has 8 heteroatoms. The number of nitrogens with one attached hydrogen (secondary N) is 2. The Hall–Kier alpha value is -2.38. The second kappa shape index (κ2) is 7.47. The first-order chi connectivity index (χ1) is 12.3. The van der Waals surface area contributed by atoms with Gasteiger partial charge in [0.05, 0.1) is 21.8 Å². The summed E-state index contributed by atoms with van der Waals surface area (Å²) in [5.41, 5.74) is 3.30. The van der Waals surface area contributed by atoms with E-state index in [9.17, 15) is 9.59 Å². The van der Waals surface area contributed by atoms with Gasteiger partial charge in [0, 0.05) is 5.69 Å². The summed E-state index contributed by atoms with van der Waals surface area (Å²) in [6.07, 6.45) is 0. The number of aromatic nitrogens is 3. The first-order valence-electron chi connectivity index (χ1n) is 7.90. The van der Waals surface area contributed by atoms with Crippen LogP contribution in [0.2, 0.25) is 5.02 Å². The molecule has 0 aliphatic rings. The van der Waals surface area contributed by atoms with E-state index in [0.717, 1.165) is 28.6 Å². The van der Waals surface area contributed by atoms with Crippen molar-refractivity contribution < 1.29 is 4.79 Å². The minimum Gasteiger partial charge on any atom is -0.324 e. The molecule has 3 aromatic rings. The highest BCUT2D eigenvalue weighted by Gasteiger charge is 2.11. The summed E-state index contributed by atoms with van der Waals surface area (Å²) in [4.78, 5) is 35.8. The van der Waals surface area contributed by atoms with Crippen molar-refractivity contribution in [3.8, 4) is 0 Å². The monoisotopic (exact) mass is 388 g/mol. The van der Waals surface area contributed by atoms with Gasteiger partial charge in [0.1, 0.15) is 0 Å². The number of aromatic amines is 1. The number of rotatable bonds is 4. The number of fused-ring (bicyclic) bond motifs is 1. The summed E-state index contributed by atoms with van der Waals surface area (Å²) in [5.74, 6) is -0.152. The van der Waals surface area contributed by atoms with Crippen molar-refractivity contribution in [2.75, 3.05) is 11.1 Å². The van der Waals surface area contributed by atoms with E-state index in [1.807, 2.05) is 32.9 Å². The van der Waals surface area contributed by atoms with E-state index in [2.05, 4.69) is 20.3 Å². The molecule has 6 nitrogen and oxygen atoms in total. The number of amides is 1. The molecule has 0 aliphatic heterocycles. The van der Waals surface area contributed by atoms with Crippen molar-refractivity contribution in [2.45, 2.75) is 25.9 Å². The van der Waals surface area contributed by atoms with Gasteiger partial charge in [0.25, 0.3) is 5.56 Å². The second-order valence-electron chi connectivity index (χ2n) is 5.97. The fraction of sp³-hybridized carbons (Fsp3) is 0.222. The van der Waals surface area contributed by atoms with Crippen molar-refractivity contribution in [3.05, 3.63) is 56.5 Å². The van der Waals surface area contributed by atoms with Gasteiger partial charge in [-0.15, -0.1) is 0 Å². The third-order valence-corrected chi connectivity index (χ3v) is 4.91. The van der Waals surface area contributed by atoms with E-state index in [0.29, 0.717) is 26.9 Å². The molecular weight excluding hydrogens is 372 g/mol. The third-order valence-electron chi connectivity index (χ3n) is 3.72. The topological polar surface area (TPSA) is 87.7 Å². The maximum Gasteiger partial charge on any atom is 0.261 e. The van der Waals surface area contributed by atoms with Crippen LogP contribution < -0.4 is 10.9 Å². The van der Waals surface area contributed by atoms with E-state index in [-0.39, 0.29) is 17.2 Å². The molecule has 3 rings (SSSR count). The molecule has 0 spiro atoms. The van der Waals surface area contributed by atoms with Crippen LogP contribution in [0.15, 0.2) is 34.2 Å². The number of aryl methyl sites for hydroxylation is 3. The molecule has 0 radical (unpaired) electrons. The van der Waals surface area contributed by atoms with E-state index >= 15 is 0 Å². The van der Waals surface area contributed by atoms with Crippen LogP contribution >= 0.6 is 23.4 Å². The number of hydrogen-bond acceptors (Lipinski definition) is 5. The van der Waals surface area contributed by atoms with Crippen molar-refractivity contribution in [1.82, 2.24) is 15.0 Å². The molecule has 0 unspecified atom stereocenters. The Morgan fingerprint density at radius 1 is 1.23 bits per heavy atom. The van der Waals surface area contributed by atoms with Crippen LogP contribution in [0.25, 0.3) is 11.0 Å². The highest BCUT2D eigenvalue weighted by atomic mass is 35.5. The maximum absolute atomic E-state index is 12.3. The molecule has 134 valence electrons. The highest BCUT2D eigenvalue weighted by molar-refractivity contribution is 7.99. The zero-order chi connectivity index (χ0) is 18.8. The minimum atomic E-state index is -0.260. The zero-order valence-corrected chi connectivity index (χ0v) is 16.1. The Morgan fingerprint density at radius 2 is 2.00 bits per heavy atom. The van der Waals surface area contributed by atoms with Crippen molar-refractivity contribution in [2.24, 2.45) is 0 Å². The van der Waals surface area contributed by atoms with Crippen molar-refractivity contribution in [3.63, 3.8) is 0 Å². The number of anilines is 1. The lowest BCUT2D eigenvalue weighted by molar-refractivity contribution is -0.113. The van der Waals surface area contributed by atoms with Crippen LogP contribution in [-0.4, -0.2) is 26.6 Å². The number of pyridine rings is 1. The molecule has 0 bridgehead atoms. The molecule has 1 aromatic carbocycles. The van der Waals surface area contributed by atoms with Gasteiger partial charge in [-0.3, -0.25) is 9.59 Å². The molecule has 0 fully saturated rings. The number of H-pyrrole nitrogens is 1. The summed E-state index contributed by atoms with van der Waals surface area (Å²) in [6.45, 7) is 5.62. The Balaban J connectivity index is 1.75. The summed E-state index contributed by atoms with van der Waals surface area (Å²) in [6, 6.07) is 7.24.